The molecule has 0 saturated heterocycles. The van der Waals surface area contributed by atoms with Crippen LogP contribution in [-0.2, 0) is 13.0 Å². The van der Waals surface area contributed by atoms with Crippen molar-refractivity contribution in [2.24, 2.45) is 5.73 Å². The number of hydrogen-bond donors (Lipinski definition) is 2. The van der Waals surface area contributed by atoms with E-state index in [0.717, 1.165) is 41.4 Å². The summed E-state index contributed by atoms with van der Waals surface area (Å²) >= 11 is 0. The number of aryl methyl sites for hydroxylation is 1. The van der Waals surface area contributed by atoms with Crippen LogP contribution in [0.1, 0.15) is 30.9 Å². The van der Waals surface area contributed by atoms with E-state index in [0.29, 0.717) is 12.2 Å². The molecule has 1 heterocycles. The Balaban J connectivity index is 2.11. The van der Waals surface area contributed by atoms with Gasteiger partial charge in [-0.25, -0.2) is 0 Å². The van der Waals surface area contributed by atoms with Gasteiger partial charge in [-0.2, -0.15) is 0 Å². The predicted molar refractivity (Wildman–Crippen MR) is 87.0 cm³/mol. The van der Waals surface area contributed by atoms with Gasteiger partial charge in [0.2, 0.25) is 0 Å². The lowest BCUT2D eigenvalue weighted by atomic mass is 10.0. The van der Waals surface area contributed by atoms with Crippen molar-refractivity contribution in [1.29, 1.82) is 0 Å². The van der Waals surface area contributed by atoms with Crippen molar-refractivity contribution in [2.45, 2.75) is 32.7 Å². The third-order valence-electron chi connectivity index (χ3n) is 3.77. The third kappa shape index (κ3) is 2.67. The molecule has 0 aliphatic rings. The molecule has 0 atom stereocenters. The largest absolute Gasteiger partial charge is 0.505 e. The Morgan fingerprint density at radius 1 is 1.14 bits per heavy atom. The Bertz CT molecular complexity index is 761. The molecule has 114 valence electrons. The first kappa shape index (κ1) is 14.5. The molecule has 5 heteroatoms. The van der Waals surface area contributed by atoms with Gasteiger partial charge in [-0.3, -0.25) is 0 Å². The third-order valence-corrected chi connectivity index (χ3v) is 3.77. The molecular weight excluding hydrogens is 276 g/mol. The number of nitrogens with zero attached hydrogens (tertiary/aromatic N) is 3. The molecule has 0 amide bonds. The molecule has 3 aromatic rings. The van der Waals surface area contributed by atoms with Gasteiger partial charge in [0.1, 0.15) is 22.5 Å². The number of phenolic OH excluding ortho intramolecular Hbond substituents is 1. The van der Waals surface area contributed by atoms with Crippen molar-refractivity contribution < 1.29 is 5.11 Å². The van der Waals surface area contributed by atoms with Crippen LogP contribution in [0.3, 0.4) is 0 Å². The molecule has 0 aliphatic heterocycles. The van der Waals surface area contributed by atoms with Crippen LogP contribution < -0.4 is 5.73 Å². The quantitative estimate of drug-likeness (QED) is 0.759. The van der Waals surface area contributed by atoms with Crippen molar-refractivity contribution in [3.63, 3.8) is 0 Å². The normalized spacial score (nSPS) is 11.2. The smallest absolute Gasteiger partial charge is 0.147 e. The van der Waals surface area contributed by atoms with Crippen molar-refractivity contribution in [2.75, 3.05) is 0 Å². The van der Waals surface area contributed by atoms with Crippen molar-refractivity contribution >= 4 is 11.0 Å². The van der Waals surface area contributed by atoms with E-state index in [1.807, 2.05) is 36.4 Å². The first-order valence-electron chi connectivity index (χ1n) is 7.60. The molecular formula is C17H20N4O. The summed E-state index contributed by atoms with van der Waals surface area (Å²) in [7, 11) is 0. The summed E-state index contributed by atoms with van der Waals surface area (Å²) in [6.45, 7) is 2.45. The molecule has 0 aliphatic carbocycles. The molecule has 0 saturated carbocycles. The van der Waals surface area contributed by atoms with E-state index in [1.165, 1.54) is 4.80 Å². The van der Waals surface area contributed by atoms with Crippen LogP contribution in [0.4, 0.5) is 0 Å². The first-order chi connectivity index (χ1) is 10.7. The summed E-state index contributed by atoms with van der Waals surface area (Å²) < 4.78 is 0. The highest BCUT2D eigenvalue weighted by Crippen LogP contribution is 2.28. The lowest BCUT2D eigenvalue weighted by Crippen LogP contribution is -2.05. The molecule has 0 radical (unpaired) electrons. The zero-order chi connectivity index (χ0) is 15.5. The summed E-state index contributed by atoms with van der Waals surface area (Å²) in [4.78, 5) is 1.49. The SMILES string of the molecule is CCCCc1cc(CN)c(O)c(-n2nc3ccccc3n2)c1. The summed E-state index contributed by atoms with van der Waals surface area (Å²) in [6.07, 6.45) is 3.18. The Morgan fingerprint density at radius 3 is 2.41 bits per heavy atom. The van der Waals surface area contributed by atoms with E-state index in [4.69, 9.17) is 5.73 Å². The maximum absolute atomic E-state index is 10.4. The second-order valence-corrected chi connectivity index (χ2v) is 5.41. The van der Waals surface area contributed by atoms with Gasteiger partial charge >= 0.3 is 0 Å². The standard InChI is InChI=1S/C17H20N4O/c1-2-3-6-12-9-13(11-18)17(22)16(10-12)21-19-14-7-4-5-8-15(14)20-21/h4-5,7-10,22H,2-3,6,11,18H2,1H3. The number of hydrogen-bond acceptors (Lipinski definition) is 4. The number of phenols is 1. The maximum Gasteiger partial charge on any atom is 0.147 e. The monoisotopic (exact) mass is 296 g/mol. The van der Waals surface area contributed by atoms with Crippen LogP contribution in [0, 0.1) is 0 Å². The van der Waals surface area contributed by atoms with Crippen molar-refractivity contribution in [1.82, 2.24) is 15.0 Å². The maximum atomic E-state index is 10.4. The van der Waals surface area contributed by atoms with Gasteiger partial charge in [0, 0.05) is 12.1 Å². The fourth-order valence-corrected chi connectivity index (χ4v) is 2.54. The van der Waals surface area contributed by atoms with Gasteiger partial charge in [-0.1, -0.05) is 31.5 Å². The number of aromatic hydroxyl groups is 1. The molecule has 2 aromatic carbocycles. The molecule has 0 fully saturated rings. The zero-order valence-corrected chi connectivity index (χ0v) is 12.7. The predicted octanol–water partition coefficient (Wildman–Crippen LogP) is 2.93. The fourth-order valence-electron chi connectivity index (χ4n) is 2.54. The summed E-state index contributed by atoms with van der Waals surface area (Å²) in [5.74, 6) is 0.156. The summed E-state index contributed by atoms with van der Waals surface area (Å²) in [5.41, 5.74) is 9.83. The Hall–Kier alpha value is -2.40. The highest BCUT2D eigenvalue weighted by Gasteiger charge is 2.13. The van der Waals surface area contributed by atoms with Crippen LogP contribution in [0.25, 0.3) is 16.7 Å². The van der Waals surface area contributed by atoms with E-state index < -0.39 is 0 Å². The number of aromatic nitrogens is 3. The average Bonchev–Trinajstić information content (AvgIpc) is 2.97. The number of nitrogens with two attached hydrogens (primary N) is 1. The minimum absolute atomic E-state index is 0.156. The summed E-state index contributed by atoms with van der Waals surface area (Å²) in [6, 6.07) is 11.6. The van der Waals surface area contributed by atoms with Gasteiger partial charge in [0.15, 0.2) is 0 Å². The molecule has 22 heavy (non-hydrogen) atoms. The minimum Gasteiger partial charge on any atom is -0.505 e. The van der Waals surface area contributed by atoms with Crippen LogP contribution in [0.15, 0.2) is 36.4 Å². The Labute approximate surface area is 129 Å². The highest BCUT2D eigenvalue weighted by atomic mass is 16.3. The van der Waals surface area contributed by atoms with Gasteiger partial charge in [-0.05, 0) is 36.6 Å². The first-order valence-corrected chi connectivity index (χ1v) is 7.60. The lowest BCUT2D eigenvalue weighted by Gasteiger charge is -2.11. The van der Waals surface area contributed by atoms with E-state index in [1.54, 1.807) is 0 Å². The molecule has 0 bridgehead atoms. The Morgan fingerprint density at radius 2 is 1.82 bits per heavy atom. The lowest BCUT2D eigenvalue weighted by molar-refractivity contribution is 0.460. The van der Waals surface area contributed by atoms with Gasteiger partial charge in [-0.15, -0.1) is 15.0 Å². The van der Waals surface area contributed by atoms with Gasteiger partial charge < -0.3 is 10.8 Å². The average molecular weight is 296 g/mol. The van der Waals surface area contributed by atoms with Gasteiger partial charge in [0.05, 0.1) is 0 Å². The van der Waals surface area contributed by atoms with Crippen LogP contribution in [0.5, 0.6) is 5.75 Å². The van der Waals surface area contributed by atoms with E-state index in [-0.39, 0.29) is 5.75 Å². The number of benzene rings is 2. The fraction of sp³-hybridized carbons (Fsp3) is 0.294. The zero-order valence-electron chi connectivity index (χ0n) is 12.7. The molecule has 0 unspecified atom stereocenters. The number of unbranched alkanes of at least 4 members (excludes halogenated alkanes) is 1. The Kier molecular flexibility index (Phi) is 4.06. The van der Waals surface area contributed by atoms with Crippen LogP contribution in [0.2, 0.25) is 0 Å². The van der Waals surface area contributed by atoms with E-state index in [9.17, 15) is 5.11 Å². The van der Waals surface area contributed by atoms with Crippen LogP contribution in [-0.4, -0.2) is 20.1 Å². The van der Waals surface area contributed by atoms with Crippen molar-refractivity contribution in [3.8, 4) is 11.4 Å². The molecule has 3 N–H and O–H groups in total. The topological polar surface area (TPSA) is 77.0 Å². The van der Waals surface area contributed by atoms with E-state index >= 15 is 0 Å². The molecule has 1 aromatic heterocycles. The second kappa shape index (κ2) is 6.15. The minimum atomic E-state index is 0.156. The van der Waals surface area contributed by atoms with Crippen LogP contribution >= 0.6 is 0 Å². The highest BCUT2D eigenvalue weighted by molar-refractivity contribution is 5.73. The van der Waals surface area contributed by atoms with Crippen molar-refractivity contribution in [3.05, 3.63) is 47.5 Å². The summed E-state index contributed by atoms with van der Waals surface area (Å²) in [5, 5.41) is 19.3. The second-order valence-electron chi connectivity index (χ2n) is 5.41. The molecule has 0 spiro atoms. The number of fused-ring (bicyclic) bond motifs is 1. The molecule has 3 rings (SSSR count). The number of rotatable bonds is 5. The van der Waals surface area contributed by atoms with E-state index in [2.05, 4.69) is 17.1 Å². The van der Waals surface area contributed by atoms with Gasteiger partial charge in [0.25, 0.3) is 0 Å². The molecule has 5 nitrogen and oxygen atoms in total.